The molecule has 4 heteroatoms. The van der Waals surface area contributed by atoms with Crippen LogP contribution in [0.4, 0.5) is 11.4 Å². The smallest absolute Gasteiger partial charge is 0.269 e. The number of piperidine rings is 1. The first-order valence-electron chi connectivity index (χ1n) is 8.00. The molecule has 1 saturated heterocycles. The van der Waals surface area contributed by atoms with E-state index < -0.39 is 0 Å². The summed E-state index contributed by atoms with van der Waals surface area (Å²) in [6.07, 6.45) is 7.90. The first-order chi connectivity index (χ1) is 11.2. The van der Waals surface area contributed by atoms with Crippen molar-refractivity contribution in [2.24, 2.45) is 0 Å². The second-order valence-electron chi connectivity index (χ2n) is 5.82. The van der Waals surface area contributed by atoms with Crippen LogP contribution in [0.5, 0.6) is 0 Å². The normalized spacial score (nSPS) is 15.0. The number of anilines is 1. The summed E-state index contributed by atoms with van der Waals surface area (Å²) in [6.45, 7) is 2.30. The van der Waals surface area contributed by atoms with Crippen molar-refractivity contribution in [1.82, 2.24) is 0 Å². The van der Waals surface area contributed by atoms with Crippen LogP contribution in [0.3, 0.4) is 0 Å². The zero-order valence-electron chi connectivity index (χ0n) is 13.0. The fraction of sp³-hybridized carbons (Fsp3) is 0.263. The number of nitrogens with zero attached hydrogens (tertiary/aromatic N) is 2. The van der Waals surface area contributed by atoms with Crippen LogP contribution in [0.1, 0.15) is 30.4 Å². The Bertz CT molecular complexity index is 684. The fourth-order valence-corrected chi connectivity index (χ4v) is 2.85. The lowest BCUT2D eigenvalue weighted by atomic mass is 10.1. The third kappa shape index (κ3) is 3.97. The Balaban J connectivity index is 1.66. The molecule has 0 aromatic heterocycles. The van der Waals surface area contributed by atoms with E-state index in [0.717, 1.165) is 24.2 Å². The molecule has 3 rings (SSSR count). The highest BCUT2D eigenvalue weighted by Gasteiger charge is 2.10. The molecule has 1 fully saturated rings. The van der Waals surface area contributed by atoms with Gasteiger partial charge < -0.3 is 4.90 Å². The van der Waals surface area contributed by atoms with Gasteiger partial charge in [-0.25, -0.2) is 0 Å². The predicted molar refractivity (Wildman–Crippen MR) is 94.5 cm³/mol. The Hall–Kier alpha value is -2.62. The second kappa shape index (κ2) is 7.09. The van der Waals surface area contributed by atoms with Crippen LogP contribution < -0.4 is 4.90 Å². The maximum absolute atomic E-state index is 10.6. The molecular formula is C19H20N2O2. The molecule has 0 N–H and O–H groups in total. The molecule has 0 radical (unpaired) electrons. The molecule has 118 valence electrons. The summed E-state index contributed by atoms with van der Waals surface area (Å²) < 4.78 is 0. The number of benzene rings is 2. The molecule has 4 nitrogen and oxygen atoms in total. The first-order valence-corrected chi connectivity index (χ1v) is 8.00. The van der Waals surface area contributed by atoms with Gasteiger partial charge in [0.05, 0.1) is 4.92 Å². The average molecular weight is 308 g/mol. The lowest BCUT2D eigenvalue weighted by Gasteiger charge is -2.28. The van der Waals surface area contributed by atoms with E-state index in [2.05, 4.69) is 29.2 Å². The minimum atomic E-state index is -0.382. The number of nitro groups is 1. The summed E-state index contributed by atoms with van der Waals surface area (Å²) in [5.41, 5.74) is 3.49. The maximum atomic E-state index is 10.6. The molecule has 2 aromatic rings. The summed E-state index contributed by atoms with van der Waals surface area (Å²) >= 11 is 0. The Labute approximate surface area is 136 Å². The van der Waals surface area contributed by atoms with Crippen LogP contribution in [0.25, 0.3) is 12.2 Å². The number of non-ortho nitro benzene ring substituents is 1. The lowest BCUT2D eigenvalue weighted by molar-refractivity contribution is -0.384. The van der Waals surface area contributed by atoms with E-state index >= 15 is 0 Å². The molecule has 0 atom stereocenters. The highest BCUT2D eigenvalue weighted by molar-refractivity contribution is 5.71. The van der Waals surface area contributed by atoms with Crippen LogP contribution >= 0.6 is 0 Å². The molecule has 0 spiro atoms. The summed E-state index contributed by atoms with van der Waals surface area (Å²) in [5, 5.41) is 10.6. The van der Waals surface area contributed by atoms with E-state index in [1.165, 1.54) is 37.1 Å². The molecule has 2 aromatic carbocycles. The molecular weight excluding hydrogens is 288 g/mol. The van der Waals surface area contributed by atoms with Crippen molar-refractivity contribution in [3.63, 3.8) is 0 Å². The molecule has 1 aliphatic heterocycles. The molecule has 0 unspecified atom stereocenters. The summed E-state index contributed by atoms with van der Waals surface area (Å²) in [5.74, 6) is 0. The Kier molecular flexibility index (Phi) is 4.71. The van der Waals surface area contributed by atoms with Gasteiger partial charge in [-0.1, -0.05) is 24.3 Å². The van der Waals surface area contributed by atoms with Crippen molar-refractivity contribution in [2.75, 3.05) is 18.0 Å². The van der Waals surface area contributed by atoms with E-state index in [0.29, 0.717) is 0 Å². The topological polar surface area (TPSA) is 46.4 Å². The van der Waals surface area contributed by atoms with E-state index in [4.69, 9.17) is 0 Å². The SMILES string of the molecule is O=[N+]([O-])c1ccc(/C=C/c2ccc(N3CCCCC3)cc2)cc1. The highest BCUT2D eigenvalue weighted by atomic mass is 16.6. The van der Waals surface area contributed by atoms with Crippen LogP contribution in [-0.2, 0) is 0 Å². The minimum absolute atomic E-state index is 0.119. The van der Waals surface area contributed by atoms with Crippen LogP contribution in [0.15, 0.2) is 48.5 Å². The van der Waals surface area contributed by atoms with E-state index in [-0.39, 0.29) is 10.6 Å². The van der Waals surface area contributed by atoms with Crippen molar-refractivity contribution >= 4 is 23.5 Å². The van der Waals surface area contributed by atoms with Gasteiger partial charge in [0.15, 0.2) is 0 Å². The first kappa shape index (κ1) is 15.3. The monoisotopic (exact) mass is 308 g/mol. The van der Waals surface area contributed by atoms with Gasteiger partial charge in [-0.05, 0) is 54.7 Å². The molecule has 0 saturated carbocycles. The molecule has 0 bridgehead atoms. The number of hydrogen-bond donors (Lipinski definition) is 0. The van der Waals surface area contributed by atoms with Crippen LogP contribution in [0, 0.1) is 10.1 Å². The summed E-state index contributed by atoms with van der Waals surface area (Å²) in [4.78, 5) is 12.7. The molecule has 1 heterocycles. The van der Waals surface area contributed by atoms with Gasteiger partial charge in [-0.15, -0.1) is 0 Å². The summed E-state index contributed by atoms with van der Waals surface area (Å²) in [6, 6.07) is 15.1. The van der Waals surface area contributed by atoms with Gasteiger partial charge >= 0.3 is 0 Å². The van der Waals surface area contributed by atoms with Crippen molar-refractivity contribution < 1.29 is 4.92 Å². The van der Waals surface area contributed by atoms with Gasteiger partial charge in [-0.2, -0.15) is 0 Å². The van der Waals surface area contributed by atoms with Crippen LogP contribution in [-0.4, -0.2) is 18.0 Å². The maximum Gasteiger partial charge on any atom is 0.269 e. The Morgan fingerprint density at radius 2 is 1.35 bits per heavy atom. The van der Waals surface area contributed by atoms with E-state index in [1.807, 2.05) is 12.2 Å². The van der Waals surface area contributed by atoms with Crippen LogP contribution in [0.2, 0.25) is 0 Å². The van der Waals surface area contributed by atoms with Gasteiger partial charge in [0, 0.05) is 30.9 Å². The average Bonchev–Trinajstić information content (AvgIpc) is 2.61. The molecule has 0 aliphatic carbocycles. The predicted octanol–water partition coefficient (Wildman–Crippen LogP) is 4.76. The lowest BCUT2D eigenvalue weighted by Crippen LogP contribution is -2.29. The largest absolute Gasteiger partial charge is 0.372 e. The van der Waals surface area contributed by atoms with E-state index in [1.54, 1.807) is 12.1 Å². The molecule has 23 heavy (non-hydrogen) atoms. The zero-order valence-corrected chi connectivity index (χ0v) is 13.0. The number of nitro benzene ring substituents is 1. The van der Waals surface area contributed by atoms with Crippen molar-refractivity contribution in [3.8, 4) is 0 Å². The van der Waals surface area contributed by atoms with E-state index in [9.17, 15) is 10.1 Å². The number of rotatable bonds is 4. The van der Waals surface area contributed by atoms with Crippen molar-refractivity contribution in [3.05, 3.63) is 69.8 Å². The molecule has 1 aliphatic rings. The van der Waals surface area contributed by atoms with Crippen molar-refractivity contribution in [2.45, 2.75) is 19.3 Å². The standard InChI is InChI=1S/C19H20N2O2/c22-21(23)19-12-8-17(9-13-19)5-4-16-6-10-18(11-7-16)20-14-2-1-3-15-20/h4-13H,1-3,14-15H2/b5-4+. The third-order valence-corrected chi connectivity index (χ3v) is 4.19. The Morgan fingerprint density at radius 1 is 0.826 bits per heavy atom. The summed E-state index contributed by atoms with van der Waals surface area (Å²) in [7, 11) is 0. The second-order valence-corrected chi connectivity index (χ2v) is 5.82. The Morgan fingerprint density at radius 3 is 1.87 bits per heavy atom. The zero-order chi connectivity index (χ0) is 16.1. The third-order valence-electron chi connectivity index (χ3n) is 4.19. The van der Waals surface area contributed by atoms with Gasteiger partial charge in [0.25, 0.3) is 5.69 Å². The van der Waals surface area contributed by atoms with Gasteiger partial charge in [-0.3, -0.25) is 10.1 Å². The fourth-order valence-electron chi connectivity index (χ4n) is 2.85. The van der Waals surface area contributed by atoms with Gasteiger partial charge in [0.2, 0.25) is 0 Å². The van der Waals surface area contributed by atoms with Gasteiger partial charge in [0.1, 0.15) is 0 Å². The number of hydrogen-bond acceptors (Lipinski definition) is 3. The quantitative estimate of drug-likeness (QED) is 0.465. The molecule has 0 amide bonds. The highest BCUT2D eigenvalue weighted by Crippen LogP contribution is 2.21. The minimum Gasteiger partial charge on any atom is -0.372 e. The van der Waals surface area contributed by atoms with Crippen molar-refractivity contribution in [1.29, 1.82) is 0 Å².